The van der Waals surface area contributed by atoms with Crippen LogP contribution in [-0.2, 0) is 9.47 Å². The Labute approximate surface area is 47.8 Å². The van der Waals surface area contributed by atoms with E-state index in [9.17, 15) is 4.91 Å². The summed E-state index contributed by atoms with van der Waals surface area (Å²) in [6, 6.07) is 0. The van der Waals surface area contributed by atoms with Crippen molar-refractivity contribution in [1.29, 1.82) is 0 Å². The summed E-state index contributed by atoms with van der Waals surface area (Å²) in [5.41, 5.74) is 0. The number of rotatable bonds is 3. The minimum atomic E-state index is -1.31. The average Bonchev–Trinajstić information content (AvgIpc) is 1.87. The van der Waals surface area contributed by atoms with E-state index in [1.54, 1.807) is 0 Å². The highest BCUT2D eigenvalue weighted by atomic mass is 16.7. The number of hydrogen-bond acceptors (Lipinski definition) is 4. The molecule has 0 saturated carbocycles. The predicted molar refractivity (Wildman–Crippen MR) is 28.2 cm³/mol. The van der Waals surface area contributed by atoms with Crippen LogP contribution in [0.1, 0.15) is 6.92 Å². The summed E-state index contributed by atoms with van der Waals surface area (Å²) in [6.07, 6.45) is 0. The summed E-state index contributed by atoms with van der Waals surface area (Å²) in [5.74, 6) is -1.31. The van der Waals surface area contributed by atoms with Gasteiger partial charge in [-0.25, -0.2) is 0 Å². The second-order valence-electron chi connectivity index (χ2n) is 1.40. The monoisotopic (exact) mass is 119 g/mol. The van der Waals surface area contributed by atoms with Crippen molar-refractivity contribution in [3.8, 4) is 0 Å². The third-order valence-corrected chi connectivity index (χ3v) is 0.923. The Morgan fingerprint density at radius 3 is 1.75 bits per heavy atom. The van der Waals surface area contributed by atoms with E-state index in [2.05, 4.69) is 14.7 Å². The quantitative estimate of drug-likeness (QED) is 0.406. The first-order chi connectivity index (χ1) is 3.68. The molecular weight excluding hydrogens is 110 g/mol. The van der Waals surface area contributed by atoms with E-state index < -0.39 is 5.91 Å². The van der Waals surface area contributed by atoms with Crippen molar-refractivity contribution in [3.05, 3.63) is 4.91 Å². The molecular formula is C4H9NO3. The standard InChI is InChI=1S/C4H9NO3/c1-4(5-6,7-2)8-3/h1-3H3. The molecule has 0 rings (SSSR count). The van der Waals surface area contributed by atoms with Crippen LogP contribution in [0.3, 0.4) is 0 Å². The van der Waals surface area contributed by atoms with Gasteiger partial charge in [0.25, 0.3) is 0 Å². The maximum Gasteiger partial charge on any atom is 0.304 e. The molecule has 0 aromatic heterocycles. The fraction of sp³-hybridized carbons (Fsp3) is 1.00. The summed E-state index contributed by atoms with van der Waals surface area (Å²) >= 11 is 0. The first kappa shape index (κ1) is 7.52. The summed E-state index contributed by atoms with van der Waals surface area (Å²) in [5, 5.41) is 2.56. The van der Waals surface area contributed by atoms with Gasteiger partial charge in [0, 0.05) is 21.1 Å². The Morgan fingerprint density at radius 2 is 1.75 bits per heavy atom. The van der Waals surface area contributed by atoms with Crippen LogP contribution in [0.2, 0.25) is 0 Å². The van der Waals surface area contributed by atoms with Crippen molar-refractivity contribution in [1.82, 2.24) is 0 Å². The predicted octanol–water partition coefficient (Wildman–Crippen LogP) is 0.719. The van der Waals surface area contributed by atoms with Gasteiger partial charge >= 0.3 is 5.91 Å². The number of ether oxygens (including phenoxy) is 2. The Balaban J connectivity index is 3.76. The highest BCUT2D eigenvalue weighted by Gasteiger charge is 2.22. The van der Waals surface area contributed by atoms with Crippen molar-refractivity contribution in [2.45, 2.75) is 12.8 Å². The maximum absolute atomic E-state index is 9.79. The molecule has 0 spiro atoms. The molecule has 0 aromatic carbocycles. The zero-order chi connectivity index (χ0) is 6.62. The molecule has 4 heteroatoms. The van der Waals surface area contributed by atoms with Crippen LogP contribution in [0.4, 0.5) is 0 Å². The second-order valence-corrected chi connectivity index (χ2v) is 1.40. The summed E-state index contributed by atoms with van der Waals surface area (Å²) in [7, 11) is 2.70. The SMILES string of the molecule is COC(C)(N=O)OC. The second kappa shape index (κ2) is 2.74. The van der Waals surface area contributed by atoms with E-state index in [4.69, 9.17) is 0 Å². The molecule has 0 unspecified atom stereocenters. The van der Waals surface area contributed by atoms with Gasteiger partial charge in [-0.3, -0.25) is 0 Å². The van der Waals surface area contributed by atoms with E-state index >= 15 is 0 Å². The maximum atomic E-state index is 9.79. The molecule has 0 amide bonds. The van der Waals surface area contributed by atoms with Gasteiger partial charge < -0.3 is 9.47 Å². The molecule has 0 saturated heterocycles. The van der Waals surface area contributed by atoms with Gasteiger partial charge in [-0.05, 0) is 5.18 Å². The van der Waals surface area contributed by atoms with Crippen molar-refractivity contribution in [3.63, 3.8) is 0 Å². The number of nitrogens with zero attached hydrogens (tertiary/aromatic N) is 1. The lowest BCUT2D eigenvalue weighted by Crippen LogP contribution is -2.25. The number of methoxy groups -OCH3 is 2. The Bertz CT molecular complexity index is 79.4. The highest BCUT2D eigenvalue weighted by Crippen LogP contribution is 2.09. The van der Waals surface area contributed by atoms with Gasteiger partial charge in [-0.15, -0.1) is 4.91 Å². The van der Waals surface area contributed by atoms with E-state index in [0.717, 1.165) is 0 Å². The minimum absolute atomic E-state index is 1.31. The van der Waals surface area contributed by atoms with E-state index in [1.165, 1.54) is 21.1 Å². The molecule has 0 aliphatic carbocycles. The Morgan fingerprint density at radius 1 is 1.38 bits per heavy atom. The largest absolute Gasteiger partial charge is 0.333 e. The zero-order valence-electron chi connectivity index (χ0n) is 5.17. The zero-order valence-corrected chi connectivity index (χ0v) is 5.17. The van der Waals surface area contributed by atoms with Gasteiger partial charge in [0.2, 0.25) is 0 Å². The van der Waals surface area contributed by atoms with E-state index in [1.807, 2.05) is 0 Å². The molecule has 0 aromatic rings. The van der Waals surface area contributed by atoms with Gasteiger partial charge in [-0.2, -0.15) is 0 Å². The van der Waals surface area contributed by atoms with Crippen LogP contribution in [0.15, 0.2) is 5.18 Å². The summed E-state index contributed by atoms with van der Waals surface area (Å²) in [4.78, 5) is 9.79. The van der Waals surface area contributed by atoms with Crippen LogP contribution in [0.25, 0.3) is 0 Å². The van der Waals surface area contributed by atoms with Crippen molar-refractivity contribution in [2.24, 2.45) is 5.18 Å². The molecule has 0 heterocycles. The van der Waals surface area contributed by atoms with Crippen LogP contribution in [-0.4, -0.2) is 20.1 Å². The van der Waals surface area contributed by atoms with Gasteiger partial charge in [0.05, 0.1) is 0 Å². The van der Waals surface area contributed by atoms with E-state index in [-0.39, 0.29) is 0 Å². The van der Waals surface area contributed by atoms with Crippen molar-refractivity contribution < 1.29 is 9.47 Å². The lowest BCUT2D eigenvalue weighted by Gasteiger charge is -2.15. The normalized spacial score (nSPS) is 11.4. The average molecular weight is 119 g/mol. The first-order valence-corrected chi connectivity index (χ1v) is 2.13. The van der Waals surface area contributed by atoms with Gasteiger partial charge in [-0.1, -0.05) is 0 Å². The number of nitroso groups, excluding NO2 is 1. The van der Waals surface area contributed by atoms with Crippen molar-refractivity contribution >= 4 is 0 Å². The fourth-order valence-corrected chi connectivity index (χ4v) is 0.158. The van der Waals surface area contributed by atoms with Crippen LogP contribution < -0.4 is 0 Å². The molecule has 48 valence electrons. The van der Waals surface area contributed by atoms with Crippen molar-refractivity contribution in [2.75, 3.05) is 14.2 Å². The lowest BCUT2D eigenvalue weighted by atomic mass is 10.6. The van der Waals surface area contributed by atoms with Gasteiger partial charge in [0.1, 0.15) is 0 Å². The lowest BCUT2D eigenvalue weighted by molar-refractivity contribution is -0.187. The topological polar surface area (TPSA) is 47.9 Å². The van der Waals surface area contributed by atoms with Crippen LogP contribution >= 0.6 is 0 Å². The Kier molecular flexibility index (Phi) is 2.57. The smallest absolute Gasteiger partial charge is 0.304 e. The molecule has 0 aliphatic heterocycles. The molecule has 0 bridgehead atoms. The fourth-order valence-electron chi connectivity index (χ4n) is 0.158. The molecule has 8 heavy (non-hydrogen) atoms. The van der Waals surface area contributed by atoms with Gasteiger partial charge in [0.15, 0.2) is 0 Å². The summed E-state index contributed by atoms with van der Waals surface area (Å²) < 4.78 is 9.07. The molecule has 0 aliphatic rings. The molecule has 0 N–H and O–H groups in total. The Hall–Kier alpha value is -0.480. The van der Waals surface area contributed by atoms with Crippen LogP contribution in [0.5, 0.6) is 0 Å². The van der Waals surface area contributed by atoms with Crippen LogP contribution in [0, 0.1) is 4.91 Å². The molecule has 0 fully saturated rings. The highest BCUT2D eigenvalue weighted by molar-refractivity contribution is 4.53. The molecule has 0 atom stereocenters. The summed E-state index contributed by atoms with van der Waals surface area (Å²) in [6.45, 7) is 1.43. The number of hydrogen-bond donors (Lipinski definition) is 0. The third kappa shape index (κ3) is 1.55. The third-order valence-electron chi connectivity index (χ3n) is 0.923. The molecule has 4 nitrogen and oxygen atoms in total. The van der Waals surface area contributed by atoms with E-state index in [0.29, 0.717) is 0 Å². The molecule has 0 radical (unpaired) electrons. The minimum Gasteiger partial charge on any atom is -0.333 e. The first-order valence-electron chi connectivity index (χ1n) is 2.13.